The Kier molecular flexibility index (Phi) is 6.14. The van der Waals surface area contributed by atoms with Crippen LogP contribution >= 0.6 is 22.6 Å². The van der Waals surface area contributed by atoms with Crippen LogP contribution in [0.25, 0.3) is 11.2 Å². The minimum Gasteiger partial charge on any atom is -0.369 e. The lowest BCUT2D eigenvalue weighted by Crippen LogP contribution is -2.38. The van der Waals surface area contributed by atoms with E-state index in [1.54, 1.807) is 7.05 Å². The fourth-order valence-electron chi connectivity index (χ4n) is 1.86. The van der Waals surface area contributed by atoms with Crippen molar-refractivity contribution in [2.45, 2.75) is 19.8 Å². The maximum absolute atomic E-state index is 11.9. The van der Waals surface area contributed by atoms with E-state index in [9.17, 15) is 14.4 Å². The molecule has 2 heterocycles. The molecule has 0 saturated carbocycles. The van der Waals surface area contributed by atoms with Gasteiger partial charge < -0.3 is 11.6 Å². The van der Waals surface area contributed by atoms with Crippen molar-refractivity contribution in [3.05, 3.63) is 26.7 Å². The first-order valence-electron chi connectivity index (χ1n) is 6.52. The van der Waals surface area contributed by atoms with E-state index in [2.05, 4.69) is 10.7 Å². The molecule has 0 aliphatic heterocycles. The predicted molar refractivity (Wildman–Crippen MR) is 92.4 cm³/mol. The molecule has 10 heteroatoms. The fraction of sp³-hybridized carbons (Fsp3) is 0.500. The number of nitrogens with two attached hydrogens (primary N) is 2. The van der Waals surface area contributed by atoms with Gasteiger partial charge in [-0.3, -0.25) is 18.7 Å². The highest BCUT2D eigenvalue weighted by atomic mass is 127. The number of carbonyl (C=O) groups is 1. The standard InChI is InChI=1S/C10H15N5O2.C2H4INO/c1-4-5-6-12-8-7(15(6)11)9(16)14(3)10(17)13(8)2;3-1-2(4)5/h4-5,11H2,1-3H3;1H2,(H2,4,5). The lowest BCUT2D eigenvalue weighted by molar-refractivity contribution is -0.115. The Morgan fingerprint density at radius 1 is 1.27 bits per heavy atom. The van der Waals surface area contributed by atoms with Crippen molar-refractivity contribution in [3.8, 4) is 0 Å². The van der Waals surface area contributed by atoms with Crippen molar-refractivity contribution in [1.82, 2.24) is 18.8 Å². The number of primary amides is 1. The molecule has 0 aromatic carbocycles. The van der Waals surface area contributed by atoms with Crippen LogP contribution in [0.4, 0.5) is 0 Å². The minimum absolute atomic E-state index is 0.259. The average Bonchev–Trinajstić information content (AvgIpc) is 2.81. The summed E-state index contributed by atoms with van der Waals surface area (Å²) < 4.78 is 4.06. The second-order valence-corrected chi connectivity index (χ2v) is 5.39. The van der Waals surface area contributed by atoms with Gasteiger partial charge in [-0.1, -0.05) is 29.5 Å². The lowest BCUT2D eigenvalue weighted by Gasteiger charge is -2.03. The number of nitrogens with zero attached hydrogens (tertiary/aromatic N) is 4. The van der Waals surface area contributed by atoms with E-state index in [1.165, 1.54) is 16.3 Å². The molecule has 0 bridgehead atoms. The van der Waals surface area contributed by atoms with Gasteiger partial charge in [-0.15, -0.1) is 0 Å². The average molecular weight is 422 g/mol. The number of alkyl halides is 1. The van der Waals surface area contributed by atoms with E-state index in [0.29, 0.717) is 22.3 Å². The molecule has 9 nitrogen and oxygen atoms in total. The third-order valence-corrected chi connectivity index (χ3v) is 3.72. The molecule has 0 spiro atoms. The summed E-state index contributed by atoms with van der Waals surface area (Å²) in [5.41, 5.74) is 4.43. The van der Waals surface area contributed by atoms with Crippen LogP contribution in [-0.2, 0) is 25.3 Å². The normalized spacial score (nSPS) is 10.4. The number of fused-ring (bicyclic) bond motifs is 1. The molecule has 0 unspecified atom stereocenters. The van der Waals surface area contributed by atoms with Crippen LogP contribution in [0.3, 0.4) is 0 Å². The van der Waals surface area contributed by atoms with Crippen LogP contribution in [-0.4, -0.2) is 29.1 Å². The Labute approximate surface area is 140 Å². The molecule has 22 heavy (non-hydrogen) atoms. The Morgan fingerprint density at radius 3 is 2.27 bits per heavy atom. The molecule has 0 aliphatic rings. The highest BCUT2D eigenvalue weighted by Crippen LogP contribution is 2.08. The van der Waals surface area contributed by atoms with E-state index >= 15 is 0 Å². The van der Waals surface area contributed by atoms with Crippen LogP contribution in [0.15, 0.2) is 9.59 Å². The van der Waals surface area contributed by atoms with Gasteiger partial charge in [0.1, 0.15) is 5.82 Å². The first-order valence-corrected chi connectivity index (χ1v) is 8.05. The van der Waals surface area contributed by atoms with Crippen molar-refractivity contribution in [3.63, 3.8) is 0 Å². The van der Waals surface area contributed by atoms with Crippen LogP contribution in [0.1, 0.15) is 19.2 Å². The molecular formula is C12H19IN6O3. The molecular weight excluding hydrogens is 403 g/mol. The topological polar surface area (TPSA) is 131 Å². The van der Waals surface area contributed by atoms with Gasteiger partial charge in [0.05, 0.1) is 4.43 Å². The quantitative estimate of drug-likeness (QED) is 0.373. The maximum Gasteiger partial charge on any atom is 0.332 e. The Hall–Kier alpha value is -1.85. The number of nitrogen functional groups attached to an aromatic ring is 1. The van der Waals surface area contributed by atoms with E-state index in [-0.39, 0.29) is 11.4 Å². The van der Waals surface area contributed by atoms with Crippen molar-refractivity contribution in [2.24, 2.45) is 19.8 Å². The molecule has 0 aliphatic carbocycles. The Morgan fingerprint density at radius 2 is 1.82 bits per heavy atom. The maximum atomic E-state index is 11.9. The number of imidazole rings is 1. The zero-order valence-corrected chi connectivity index (χ0v) is 14.8. The number of aryl methyl sites for hydroxylation is 2. The molecule has 4 N–H and O–H groups in total. The Balaban J connectivity index is 0.000000422. The predicted octanol–water partition coefficient (Wildman–Crippen LogP) is -0.993. The summed E-state index contributed by atoms with van der Waals surface area (Å²) in [4.78, 5) is 37.5. The molecule has 1 amide bonds. The van der Waals surface area contributed by atoms with Gasteiger partial charge in [0, 0.05) is 20.5 Å². The number of halogens is 1. The molecule has 0 fully saturated rings. The highest BCUT2D eigenvalue weighted by molar-refractivity contribution is 14.1. The molecule has 2 aromatic heterocycles. The van der Waals surface area contributed by atoms with Crippen LogP contribution in [0, 0.1) is 0 Å². The van der Waals surface area contributed by atoms with Gasteiger partial charge in [0.25, 0.3) is 5.56 Å². The third-order valence-electron chi connectivity index (χ3n) is 2.97. The second-order valence-electron chi connectivity index (χ2n) is 4.63. The first kappa shape index (κ1) is 18.2. The summed E-state index contributed by atoms with van der Waals surface area (Å²) >= 11 is 1.90. The van der Waals surface area contributed by atoms with E-state index in [4.69, 9.17) is 5.84 Å². The molecule has 0 saturated heterocycles. The van der Waals surface area contributed by atoms with E-state index < -0.39 is 11.2 Å². The second kappa shape index (κ2) is 7.42. The van der Waals surface area contributed by atoms with Crippen LogP contribution in [0.5, 0.6) is 0 Å². The number of amides is 1. The monoisotopic (exact) mass is 422 g/mol. The minimum atomic E-state index is -0.416. The van der Waals surface area contributed by atoms with Gasteiger partial charge in [0.15, 0.2) is 11.2 Å². The summed E-state index contributed by atoms with van der Waals surface area (Å²) in [6.07, 6.45) is 1.54. The van der Waals surface area contributed by atoms with Gasteiger partial charge in [-0.2, -0.15) is 0 Å². The van der Waals surface area contributed by atoms with E-state index in [1.807, 2.05) is 29.5 Å². The summed E-state index contributed by atoms with van der Waals surface area (Å²) in [5, 5.41) is 0. The molecule has 0 atom stereocenters. The van der Waals surface area contributed by atoms with Crippen molar-refractivity contribution >= 4 is 39.7 Å². The molecule has 2 rings (SSSR count). The zero-order chi connectivity index (χ0) is 17.0. The number of aromatic nitrogens is 4. The number of hydrogen-bond acceptors (Lipinski definition) is 5. The summed E-state index contributed by atoms with van der Waals surface area (Å²) in [6.45, 7) is 2.00. The van der Waals surface area contributed by atoms with Gasteiger partial charge >= 0.3 is 5.69 Å². The van der Waals surface area contributed by atoms with Crippen molar-refractivity contribution in [2.75, 3.05) is 10.3 Å². The highest BCUT2D eigenvalue weighted by Gasteiger charge is 2.16. The number of rotatable bonds is 3. The summed E-state index contributed by atoms with van der Waals surface area (Å²) in [6, 6.07) is 0. The van der Waals surface area contributed by atoms with Crippen molar-refractivity contribution < 1.29 is 4.79 Å². The fourth-order valence-corrected chi connectivity index (χ4v) is 1.86. The van der Waals surface area contributed by atoms with Gasteiger partial charge in [-0.25, -0.2) is 14.5 Å². The Bertz CT molecular complexity index is 804. The van der Waals surface area contributed by atoms with Crippen LogP contribution in [0.2, 0.25) is 0 Å². The molecule has 122 valence electrons. The molecule has 0 radical (unpaired) electrons. The largest absolute Gasteiger partial charge is 0.369 e. The number of carbonyl (C=O) groups excluding carboxylic acids is 1. The van der Waals surface area contributed by atoms with Crippen LogP contribution < -0.4 is 22.8 Å². The zero-order valence-electron chi connectivity index (χ0n) is 12.7. The SMILES string of the molecule is CCCc1nc2c(c(=O)n(C)c(=O)n2C)n1N.NC(=O)CI. The lowest BCUT2D eigenvalue weighted by atomic mass is 10.3. The molecule has 2 aromatic rings. The van der Waals surface area contributed by atoms with E-state index in [0.717, 1.165) is 11.0 Å². The summed E-state index contributed by atoms with van der Waals surface area (Å²) in [7, 11) is 3.00. The van der Waals surface area contributed by atoms with Gasteiger partial charge in [-0.05, 0) is 6.42 Å². The number of hydrogen-bond donors (Lipinski definition) is 2. The summed E-state index contributed by atoms with van der Waals surface area (Å²) in [5.74, 6) is 6.19. The first-order chi connectivity index (χ1) is 10.3. The van der Waals surface area contributed by atoms with Gasteiger partial charge in [0.2, 0.25) is 5.91 Å². The smallest absolute Gasteiger partial charge is 0.332 e. The third kappa shape index (κ3) is 3.48. The van der Waals surface area contributed by atoms with Crippen molar-refractivity contribution in [1.29, 1.82) is 0 Å².